The van der Waals surface area contributed by atoms with Crippen molar-refractivity contribution in [1.82, 2.24) is 5.32 Å². The van der Waals surface area contributed by atoms with E-state index in [0.29, 0.717) is 26.2 Å². The lowest BCUT2D eigenvalue weighted by Gasteiger charge is -2.16. The van der Waals surface area contributed by atoms with Gasteiger partial charge in [0.05, 0.1) is 13.2 Å². The summed E-state index contributed by atoms with van der Waals surface area (Å²) in [4.78, 5) is 22.8. The molecule has 0 rings (SSSR count). The molecule has 2 N–H and O–H groups in total. The van der Waals surface area contributed by atoms with E-state index in [4.69, 9.17) is 14.6 Å². The van der Waals surface area contributed by atoms with Crippen molar-refractivity contribution in [3.8, 4) is 0 Å². The molecule has 0 heterocycles. The van der Waals surface area contributed by atoms with Crippen molar-refractivity contribution in [3.63, 3.8) is 0 Å². The highest BCUT2D eigenvalue weighted by molar-refractivity contribution is 7.80. The Kier molecular flexibility index (Phi) is 19.0. The van der Waals surface area contributed by atoms with Gasteiger partial charge in [-0.1, -0.05) is 58.8 Å². The molecular weight excluding hydrogens is 378 g/mol. The number of unbranched alkanes of at least 4 members (excludes halogenated alkanes) is 8. The number of carboxylic acids is 1. The summed E-state index contributed by atoms with van der Waals surface area (Å²) in [5.74, 6) is -0.224. The van der Waals surface area contributed by atoms with Crippen molar-refractivity contribution in [3.05, 3.63) is 0 Å². The summed E-state index contributed by atoms with van der Waals surface area (Å²) in [7, 11) is 0. The summed E-state index contributed by atoms with van der Waals surface area (Å²) < 4.78 is 10.7. The van der Waals surface area contributed by atoms with Gasteiger partial charge in [-0.2, -0.15) is 12.6 Å². The summed E-state index contributed by atoms with van der Waals surface area (Å²) in [5.41, 5.74) is 0. The number of rotatable bonds is 20. The van der Waals surface area contributed by atoms with Crippen LogP contribution in [0.5, 0.6) is 0 Å². The van der Waals surface area contributed by atoms with E-state index in [0.717, 1.165) is 12.2 Å². The molecule has 0 aliphatic rings. The zero-order valence-corrected chi connectivity index (χ0v) is 18.7. The standard InChI is InChI=1S/C21H41NO5S/c1-18(2)16-19(21(24)25)22-20(23)17-27-14-13-26-12-10-8-6-4-3-5-7-9-11-15-28/h18-19,28H,3-17H2,1-2H3,(H,22,23)(H,24,25)/t19-/m0/s1. The van der Waals surface area contributed by atoms with Crippen LogP contribution in [-0.2, 0) is 19.1 Å². The van der Waals surface area contributed by atoms with Crippen LogP contribution in [0, 0.1) is 5.92 Å². The molecule has 0 radical (unpaired) electrons. The number of hydrogen-bond acceptors (Lipinski definition) is 5. The molecule has 0 spiro atoms. The van der Waals surface area contributed by atoms with Crippen LogP contribution in [0.4, 0.5) is 0 Å². The Bertz CT molecular complexity index is 393. The smallest absolute Gasteiger partial charge is 0.326 e. The molecule has 0 fully saturated rings. The fourth-order valence-corrected chi connectivity index (χ4v) is 3.09. The van der Waals surface area contributed by atoms with E-state index in [1.54, 1.807) is 0 Å². The fourth-order valence-electron chi connectivity index (χ4n) is 2.87. The second-order valence-electron chi connectivity index (χ2n) is 7.66. The van der Waals surface area contributed by atoms with Crippen LogP contribution in [0.3, 0.4) is 0 Å². The first-order chi connectivity index (χ1) is 13.5. The minimum Gasteiger partial charge on any atom is -0.480 e. The Balaban J connectivity index is 3.40. The third-order valence-corrected chi connectivity index (χ3v) is 4.71. The summed E-state index contributed by atoms with van der Waals surface area (Å²) >= 11 is 4.22. The Morgan fingerprint density at radius 1 is 0.857 bits per heavy atom. The molecule has 0 saturated heterocycles. The monoisotopic (exact) mass is 419 g/mol. The zero-order valence-electron chi connectivity index (χ0n) is 17.8. The predicted molar refractivity (Wildman–Crippen MR) is 116 cm³/mol. The highest BCUT2D eigenvalue weighted by Gasteiger charge is 2.20. The molecule has 1 amide bonds. The number of thiol groups is 1. The summed E-state index contributed by atoms with van der Waals surface area (Å²) in [6, 6.07) is -0.861. The number of ether oxygens (including phenoxy) is 2. The molecule has 0 aromatic carbocycles. The van der Waals surface area contributed by atoms with E-state index >= 15 is 0 Å². The maximum Gasteiger partial charge on any atom is 0.326 e. The van der Waals surface area contributed by atoms with Gasteiger partial charge in [-0.05, 0) is 30.9 Å². The lowest BCUT2D eigenvalue weighted by atomic mass is 10.0. The Morgan fingerprint density at radius 3 is 1.93 bits per heavy atom. The van der Waals surface area contributed by atoms with Crippen molar-refractivity contribution in [2.45, 2.75) is 84.1 Å². The van der Waals surface area contributed by atoms with E-state index in [-0.39, 0.29) is 12.5 Å². The first kappa shape index (κ1) is 27.2. The Labute approximate surface area is 176 Å². The molecule has 0 saturated carbocycles. The number of carbonyl (C=O) groups excluding carboxylic acids is 1. The van der Waals surface area contributed by atoms with Crippen molar-refractivity contribution < 1.29 is 24.2 Å². The topological polar surface area (TPSA) is 84.9 Å². The lowest BCUT2D eigenvalue weighted by molar-refractivity contribution is -0.143. The van der Waals surface area contributed by atoms with Crippen molar-refractivity contribution >= 4 is 24.5 Å². The first-order valence-corrected chi connectivity index (χ1v) is 11.4. The normalized spacial score (nSPS) is 12.3. The van der Waals surface area contributed by atoms with Crippen LogP contribution in [0.1, 0.15) is 78.1 Å². The second kappa shape index (κ2) is 19.5. The van der Waals surface area contributed by atoms with Gasteiger partial charge in [0.25, 0.3) is 0 Å². The van der Waals surface area contributed by atoms with Crippen molar-refractivity contribution in [2.75, 3.05) is 32.2 Å². The van der Waals surface area contributed by atoms with E-state index < -0.39 is 17.9 Å². The lowest BCUT2D eigenvalue weighted by Crippen LogP contribution is -2.43. The molecule has 0 aliphatic heterocycles. The average Bonchev–Trinajstić information content (AvgIpc) is 2.64. The van der Waals surface area contributed by atoms with Gasteiger partial charge in [0.1, 0.15) is 12.6 Å². The van der Waals surface area contributed by atoms with Gasteiger partial charge in [-0.15, -0.1) is 0 Å². The van der Waals surface area contributed by atoms with E-state index in [1.165, 1.54) is 51.4 Å². The number of amides is 1. The maximum atomic E-state index is 11.7. The Hall–Kier alpha value is -0.790. The molecule has 0 aliphatic carbocycles. The van der Waals surface area contributed by atoms with Gasteiger partial charge in [-0.25, -0.2) is 4.79 Å². The van der Waals surface area contributed by atoms with Crippen LogP contribution in [0.25, 0.3) is 0 Å². The number of hydrogen-bond donors (Lipinski definition) is 3. The quantitative estimate of drug-likeness (QED) is 0.205. The molecule has 0 aromatic rings. The van der Waals surface area contributed by atoms with Gasteiger partial charge in [0.15, 0.2) is 0 Å². The van der Waals surface area contributed by atoms with Gasteiger partial charge >= 0.3 is 5.97 Å². The SMILES string of the molecule is CC(C)C[C@H](NC(=O)COCCOCCCCCCCCCCCS)C(=O)O. The molecular formula is C21H41NO5S. The minimum absolute atomic E-state index is 0.140. The van der Waals surface area contributed by atoms with Gasteiger partial charge in [0.2, 0.25) is 5.91 Å². The molecule has 0 unspecified atom stereocenters. The summed E-state index contributed by atoms with van der Waals surface area (Å²) in [5, 5.41) is 11.6. The number of carboxylic acid groups (broad SMARTS) is 1. The number of carbonyl (C=O) groups is 2. The van der Waals surface area contributed by atoms with Crippen LogP contribution in [0.2, 0.25) is 0 Å². The number of nitrogens with one attached hydrogen (secondary N) is 1. The van der Waals surface area contributed by atoms with Gasteiger partial charge in [-0.3, -0.25) is 4.79 Å². The average molecular weight is 420 g/mol. The van der Waals surface area contributed by atoms with Crippen molar-refractivity contribution in [2.24, 2.45) is 5.92 Å². The van der Waals surface area contributed by atoms with Crippen LogP contribution in [0.15, 0.2) is 0 Å². The van der Waals surface area contributed by atoms with Crippen LogP contribution >= 0.6 is 12.6 Å². The molecule has 28 heavy (non-hydrogen) atoms. The second-order valence-corrected chi connectivity index (χ2v) is 8.11. The van der Waals surface area contributed by atoms with Crippen LogP contribution < -0.4 is 5.32 Å². The fraction of sp³-hybridized carbons (Fsp3) is 0.905. The molecule has 166 valence electrons. The first-order valence-electron chi connectivity index (χ1n) is 10.8. The third-order valence-electron chi connectivity index (χ3n) is 4.39. The minimum atomic E-state index is -1.01. The predicted octanol–water partition coefficient (Wildman–Crippen LogP) is 4.08. The van der Waals surface area contributed by atoms with Crippen molar-refractivity contribution in [1.29, 1.82) is 0 Å². The van der Waals surface area contributed by atoms with Gasteiger partial charge in [0, 0.05) is 6.61 Å². The third kappa shape index (κ3) is 18.6. The van der Waals surface area contributed by atoms with E-state index in [9.17, 15) is 9.59 Å². The molecule has 7 heteroatoms. The molecule has 0 aromatic heterocycles. The highest BCUT2D eigenvalue weighted by Crippen LogP contribution is 2.10. The number of aliphatic carboxylic acids is 1. The molecule has 6 nitrogen and oxygen atoms in total. The largest absolute Gasteiger partial charge is 0.480 e. The molecule has 0 bridgehead atoms. The Morgan fingerprint density at radius 2 is 1.39 bits per heavy atom. The van der Waals surface area contributed by atoms with Gasteiger partial charge < -0.3 is 19.9 Å². The van der Waals surface area contributed by atoms with E-state index in [2.05, 4.69) is 17.9 Å². The zero-order chi connectivity index (χ0) is 21.0. The van der Waals surface area contributed by atoms with E-state index in [1.807, 2.05) is 13.8 Å². The van der Waals surface area contributed by atoms with Crippen LogP contribution in [-0.4, -0.2) is 55.2 Å². The maximum absolute atomic E-state index is 11.7. The highest BCUT2D eigenvalue weighted by atomic mass is 32.1. The molecule has 1 atom stereocenters. The summed E-state index contributed by atoms with van der Waals surface area (Å²) in [6.45, 7) is 5.20. The summed E-state index contributed by atoms with van der Waals surface area (Å²) in [6.07, 6.45) is 11.7.